The van der Waals surface area contributed by atoms with Crippen LogP contribution in [-0.4, -0.2) is 15.4 Å². The molecular formula is C17H27N3O2. The van der Waals surface area contributed by atoms with Crippen molar-refractivity contribution in [1.82, 2.24) is 15.9 Å². The number of aromatic nitrogens is 1. The predicted octanol–water partition coefficient (Wildman–Crippen LogP) is 3.07. The summed E-state index contributed by atoms with van der Waals surface area (Å²) in [5.74, 6) is 0. The molecule has 0 saturated heterocycles. The molecule has 22 heavy (non-hydrogen) atoms. The van der Waals surface area contributed by atoms with E-state index in [-0.39, 0.29) is 22.9 Å². The van der Waals surface area contributed by atoms with Crippen molar-refractivity contribution < 1.29 is 10.4 Å². The molecule has 2 unspecified atom stereocenters. The van der Waals surface area contributed by atoms with Gasteiger partial charge in [0.15, 0.2) is 0 Å². The predicted molar refractivity (Wildman–Crippen MR) is 83.8 cm³/mol. The quantitative estimate of drug-likeness (QED) is 0.632. The lowest BCUT2D eigenvalue weighted by molar-refractivity contribution is 0.0858. The summed E-state index contributed by atoms with van der Waals surface area (Å²) in [7, 11) is 0. The Bertz CT molecular complexity index is 536. The van der Waals surface area contributed by atoms with E-state index in [9.17, 15) is 10.4 Å². The van der Waals surface area contributed by atoms with Crippen LogP contribution in [0, 0.1) is 10.8 Å². The SMILES string of the molecule is CC1(C)Cc2nc3c(cc2C(NO)C1)C(NO)CC(C)(C)C3. The molecule has 0 aromatic carbocycles. The highest BCUT2D eigenvalue weighted by Crippen LogP contribution is 2.45. The van der Waals surface area contributed by atoms with Crippen LogP contribution in [0.3, 0.4) is 0 Å². The van der Waals surface area contributed by atoms with Crippen LogP contribution >= 0.6 is 0 Å². The first-order valence-corrected chi connectivity index (χ1v) is 8.06. The van der Waals surface area contributed by atoms with Crippen molar-refractivity contribution in [2.24, 2.45) is 10.8 Å². The third kappa shape index (κ3) is 2.78. The third-order valence-electron chi connectivity index (χ3n) is 5.12. The van der Waals surface area contributed by atoms with Crippen molar-refractivity contribution in [3.63, 3.8) is 0 Å². The zero-order valence-corrected chi connectivity index (χ0v) is 13.9. The van der Waals surface area contributed by atoms with Crippen LogP contribution in [0.5, 0.6) is 0 Å². The molecule has 0 saturated carbocycles. The number of hydrogen-bond donors (Lipinski definition) is 4. The second kappa shape index (κ2) is 5.27. The Morgan fingerprint density at radius 1 is 0.909 bits per heavy atom. The summed E-state index contributed by atoms with van der Waals surface area (Å²) in [6.07, 6.45) is 3.59. The van der Waals surface area contributed by atoms with E-state index in [0.717, 1.165) is 48.2 Å². The van der Waals surface area contributed by atoms with Gasteiger partial charge in [0, 0.05) is 11.4 Å². The van der Waals surface area contributed by atoms with Gasteiger partial charge in [-0.25, -0.2) is 0 Å². The number of pyridine rings is 1. The minimum absolute atomic E-state index is 0.0918. The largest absolute Gasteiger partial charge is 0.316 e. The second-order valence-corrected chi connectivity index (χ2v) is 8.51. The summed E-state index contributed by atoms with van der Waals surface area (Å²) in [5.41, 5.74) is 9.43. The maximum Gasteiger partial charge on any atom is 0.0592 e. The highest BCUT2D eigenvalue weighted by atomic mass is 16.5. The van der Waals surface area contributed by atoms with Crippen molar-refractivity contribution >= 4 is 0 Å². The van der Waals surface area contributed by atoms with E-state index in [1.165, 1.54) is 0 Å². The summed E-state index contributed by atoms with van der Waals surface area (Å²) in [4.78, 5) is 4.94. The topological polar surface area (TPSA) is 77.4 Å². The molecule has 0 spiro atoms. The minimum atomic E-state index is -0.0918. The molecule has 5 heteroatoms. The zero-order chi connectivity index (χ0) is 16.1. The second-order valence-electron chi connectivity index (χ2n) is 8.51. The standard InChI is InChI=1S/C17H27N3O2/c1-16(2)6-12-10(14(8-16)19-21)5-11-13(18-12)7-17(3,4)9-15(11)20-22/h5,14-15,19-22H,6-9H2,1-4H3. The van der Waals surface area contributed by atoms with E-state index in [1.54, 1.807) is 0 Å². The Morgan fingerprint density at radius 3 is 1.68 bits per heavy atom. The molecule has 2 atom stereocenters. The first-order valence-electron chi connectivity index (χ1n) is 8.06. The Hall–Kier alpha value is -1.01. The van der Waals surface area contributed by atoms with Crippen LogP contribution in [0.2, 0.25) is 0 Å². The average molecular weight is 305 g/mol. The zero-order valence-electron chi connectivity index (χ0n) is 13.9. The van der Waals surface area contributed by atoms with Gasteiger partial charge in [-0.3, -0.25) is 4.98 Å². The summed E-state index contributed by atoms with van der Waals surface area (Å²) < 4.78 is 0. The van der Waals surface area contributed by atoms with Gasteiger partial charge in [-0.2, -0.15) is 11.0 Å². The van der Waals surface area contributed by atoms with Gasteiger partial charge < -0.3 is 10.4 Å². The summed E-state index contributed by atoms with van der Waals surface area (Å²) >= 11 is 0. The Labute approximate surface area is 132 Å². The fourth-order valence-electron chi connectivity index (χ4n) is 4.12. The average Bonchev–Trinajstić information content (AvgIpc) is 2.41. The van der Waals surface area contributed by atoms with E-state index < -0.39 is 0 Å². The molecule has 4 N–H and O–H groups in total. The van der Waals surface area contributed by atoms with Crippen LogP contribution in [-0.2, 0) is 12.8 Å². The monoisotopic (exact) mass is 305 g/mol. The van der Waals surface area contributed by atoms with E-state index in [1.807, 2.05) is 0 Å². The molecule has 5 nitrogen and oxygen atoms in total. The van der Waals surface area contributed by atoms with Gasteiger partial charge in [0.1, 0.15) is 0 Å². The van der Waals surface area contributed by atoms with Crippen LogP contribution in [0.15, 0.2) is 6.07 Å². The van der Waals surface area contributed by atoms with E-state index in [4.69, 9.17) is 4.98 Å². The minimum Gasteiger partial charge on any atom is -0.316 e. The number of fused-ring (bicyclic) bond motifs is 2. The highest BCUT2D eigenvalue weighted by Gasteiger charge is 2.38. The molecule has 1 heterocycles. The molecule has 1 aromatic heterocycles. The van der Waals surface area contributed by atoms with Crippen LogP contribution < -0.4 is 11.0 Å². The first kappa shape index (κ1) is 15.9. The van der Waals surface area contributed by atoms with Crippen LogP contribution in [0.4, 0.5) is 0 Å². The van der Waals surface area contributed by atoms with Crippen molar-refractivity contribution in [2.45, 2.75) is 65.5 Å². The van der Waals surface area contributed by atoms with Gasteiger partial charge in [-0.05, 0) is 53.7 Å². The number of hydroxylamine groups is 2. The maximum absolute atomic E-state index is 9.54. The lowest BCUT2D eigenvalue weighted by atomic mass is 9.70. The molecule has 0 fully saturated rings. The fraction of sp³-hybridized carbons (Fsp3) is 0.706. The van der Waals surface area contributed by atoms with Gasteiger partial charge in [-0.1, -0.05) is 27.7 Å². The molecule has 3 rings (SSSR count). The van der Waals surface area contributed by atoms with E-state index in [2.05, 4.69) is 44.7 Å². The fourth-order valence-corrected chi connectivity index (χ4v) is 4.12. The van der Waals surface area contributed by atoms with Crippen molar-refractivity contribution in [3.8, 4) is 0 Å². The number of hydrogen-bond acceptors (Lipinski definition) is 5. The van der Waals surface area contributed by atoms with Crippen molar-refractivity contribution in [2.75, 3.05) is 0 Å². The lowest BCUT2D eigenvalue weighted by Crippen LogP contribution is -2.36. The first-order chi connectivity index (χ1) is 10.2. The van der Waals surface area contributed by atoms with Gasteiger partial charge in [0.05, 0.1) is 12.1 Å². The van der Waals surface area contributed by atoms with Gasteiger partial charge >= 0.3 is 0 Å². The molecule has 0 radical (unpaired) electrons. The maximum atomic E-state index is 9.54. The molecule has 1 aromatic rings. The highest BCUT2D eigenvalue weighted by molar-refractivity contribution is 5.39. The summed E-state index contributed by atoms with van der Waals surface area (Å²) in [6, 6.07) is 1.95. The Balaban J connectivity index is 2.10. The molecule has 122 valence electrons. The van der Waals surface area contributed by atoms with Crippen LogP contribution in [0.1, 0.15) is 75.1 Å². The third-order valence-corrected chi connectivity index (χ3v) is 5.12. The Kier molecular flexibility index (Phi) is 3.80. The van der Waals surface area contributed by atoms with Crippen molar-refractivity contribution in [1.29, 1.82) is 0 Å². The number of nitrogens with one attached hydrogen (secondary N) is 2. The van der Waals surface area contributed by atoms with Crippen molar-refractivity contribution in [3.05, 3.63) is 28.6 Å². The summed E-state index contributed by atoms with van der Waals surface area (Å²) in [6.45, 7) is 8.85. The van der Waals surface area contributed by atoms with E-state index in [0.29, 0.717) is 0 Å². The smallest absolute Gasteiger partial charge is 0.0592 e. The van der Waals surface area contributed by atoms with Gasteiger partial charge in [0.2, 0.25) is 0 Å². The normalized spacial score (nSPS) is 28.8. The molecule has 0 bridgehead atoms. The van der Waals surface area contributed by atoms with Gasteiger partial charge in [0.25, 0.3) is 0 Å². The van der Waals surface area contributed by atoms with Crippen LogP contribution in [0.25, 0.3) is 0 Å². The molecular weight excluding hydrogens is 278 g/mol. The summed E-state index contributed by atoms with van der Waals surface area (Å²) in [5, 5.41) is 19.1. The van der Waals surface area contributed by atoms with Gasteiger partial charge in [-0.15, -0.1) is 0 Å². The van der Waals surface area contributed by atoms with E-state index >= 15 is 0 Å². The number of rotatable bonds is 2. The lowest BCUT2D eigenvalue weighted by Gasteiger charge is -2.40. The molecule has 2 aliphatic carbocycles. The Morgan fingerprint density at radius 2 is 1.32 bits per heavy atom. The number of nitrogens with zero attached hydrogens (tertiary/aromatic N) is 1. The molecule has 0 amide bonds. The molecule has 0 aliphatic heterocycles. The molecule has 2 aliphatic rings.